The Morgan fingerprint density at radius 3 is 2.36 bits per heavy atom. The molecule has 1 saturated heterocycles. The summed E-state index contributed by atoms with van der Waals surface area (Å²) in [7, 11) is 3.02. The molecular formula is C14H15NO6S. The fourth-order valence-corrected chi connectivity index (χ4v) is 2.35. The second kappa shape index (κ2) is 7.83. The van der Waals surface area contributed by atoms with Gasteiger partial charge in [0.2, 0.25) is 0 Å². The zero-order chi connectivity index (χ0) is 15.9. The lowest BCUT2D eigenvalue weighted by Crippen LogP contribution is -2.17. The molecule has 0 bridgehead atoms. The Balaban J connectivity index is 2.23. The zero-order valence-corrected chi connectivity index (χ0v) is 12.9. The number of amides is 2. The van der Waals surface area contributed by atoms with E-state index in [9.17, 15) is 9.59 Å². The quantitative estimate of drug-likeness (QED) is 0.606. The molecule has 0 aromatic heterocycles. The number of thioether (sulfide) groups is 1. The lowest BCUT2D eigenvalue weighted by atomic mass is 10.2. The van der Waals surface area contributed by atoms with Crippen LogP contribution >= 0.6 is 11.8 Å². The minimum atomic E-state index is -0.408. The van der Waals surface area contributed by atoms with Crippen LogP contribution in [0.2, 0.25) is 0 Å². The summed E-state index contributed by atoms with van der Waals surface area (Å²) in [6.45, 7) is 0.133. The van der Waals surface area contributed by atoms with Crippen LogP contribution in [0.15, 0.2) is 23.1 Å². The number of carbonyl (C=O) groups excluding carboxylic acids is 2. The summed E-state index contributed by atoms with van der Waals surface area (Å²) in [4.78, 5) is 23.0. The summed E-state index contributed by atoms with van der Waals surface area (Å²) in [6.07, 6.45) is 1.60. The Morgan fingerprint density at radius 2 is 1.77 bits per heavy atom. The predicted molar refractivity (Wildman–Crippen MR) is 80.6 cm³/mol. The molecular weight excluding hydrogens is 310 g/mol. The molecule has 0 spiro atoms. The summed E-state index contributed by atoms with van der Waals surface area (Å²) in [5.41, 5.74) is 0.697. The van der Waals surface area contributed by atoms with Gasteiger partial charge in [-0.1, -0.05) is 6.07 Å². The maximum absolute atomic E-state index is 11.5. The first-order valence-electron chi connectivity index (χ1n) is 6.26. The largest absolute Gasteiger partial charge is 0.464 e. The smallest absolute Gasteiger partial charge is 0.290 e. The first-order valence-corrected chi connectivity index (χ1v) is 7.08. The standard InChI is InChI=1S/C14H15NO6S/c1-18-7-20-10-4-3-9(5-11(10)21-8-19-2)6-12-13(16)15-14(17)22-12/h3-6H,7-8H2,1-2H3,(H,15,16,17). The molecule has 8 heteroatoms. The van der Waals surface area contributed by atoms with Gasteiger partial charge in [0.25, 0.3) is 11.1 Å². The number of rotatable bonds is 7. The van der Waals surface area contributed by atoms with Crippen LogP contribution in [0.4, 0.5) is 4.79 Å². The lowest BCUT2D eigenvalue weighted by molar-refractivity contribution is -0.115. The molecule has 1 N–H and O–H groups in total. The number of ether oxygens (including phenoxy) is 4. The Hall–Kier alpha value is -2.03. The fourth-order valence-electron chi connectivity index (χ4n) is 1.66. The summed E-state index contributed by atoms with van der Waals surface area (Å²) < 4.78 is 20.5. The number of carbonyl (C=O) groups is 2. The van der Waals surface area contributed by atoms with Gasteiger partial charge in [0, 0.05) is 14.2 Å². The summed E-state index contributed by atoms with van der Waals surface area (Å²) in [5.74, 6) is 0.526. The van der Waals surface area contributed by atoms with Crippen LogP contribution in [0.1, 0.15) is 5.56 Å². The van der Waals surface area contributed by atoms with Gasteiger partial charge in [-0.3, -0.25) is 14.9 Å². The molecule has 2 rings (SSSR count). The van der Waals surface area contributed by atoms with E-state index in [-0.39, 0.29) is 18.8 Å². The topological polar surface area (TPSA) is 83.1 Å². The van der Waals surface area contributed by atoms with Gasteiger partial charge in [0.1, 0.15) is 0 Å². The Morgan fingerprint density at radius 1 is 1.09 bits per heavy atom. The normalized spacial score (nSPS) is 16.0. The molecule has 22 heavy (non-hydrogen) atoms. The van der Waals surface area contributed by atoms with E-state index in [1.165, 1.54) is 14.2 Å². The minimum Gasteiger partial charge on any atom is -0.464 e. The van der Waals surface area contributed by atoms with Crippen LogP contribution in [-0.2, 0) is 14.3 Å². The van der Waals surface area contributed by atoms with E-state index < -0.39 is 5.91 Å². The number of benzene rings is 1. The van der Waals surface area contributed by atoms with Gasteiger partial charge in [-0.15, -0.1) is 0 Å². The van der Waals surface area contributed by atoms with Crippen LogP contribution < -0.4 is 14.8 Å². The molecule has 1 aromatic carbocycles. The second-order valence-corrected chi connectivity index (χ2v) is 5.17. The van der Waals surface area contributed by atoms with E-state index in [1.54, 1.807) is 24.3 Å². The molecule has 0 atom stereocenters. The van der Waals surface area contributed by atoms with Crippen LogP contribution in [0, 0.1) is 0 Å². The molecule has 0 saturated carbocycles. The monoisotopic (exact) mass is 325 g/mol. The third-order valence-electron chi connectivity index (χ3n) is 2.57. The molecule has 1 heterocycles. The second-order valence-electron chi connectivity index (χ2n) is 4.16. The highest BCUT2D eigenvalue weighted by atomic mass is 32.2. The molecule has 0 aliphatic carbocycles. The van der Waals surface area contributed by atoms with Crippen molar-refractivity contribution in [2.24, 2.45) is 0 Å². The third kappa shape index (κ3) is 4.23. The SMILES string of the molecule is COCOc1ccc(C=C2SC(=O)NC2=O)cc1OCOC. The summed E-state index contributed by atoms with van der Waals surface area (Å²) >= 11 is 0.855. The van der Waals surface area contributed by atoms with Crippen molar-refractivity contribution in [2.75, 3.05) is 27.8 Å². The Labute approximate surface area is 131 Å². The van der Waals surface area contributed by atoms with Gasteiger partial charge in [-0.05, 0) is 35.5 Å². The highest BCUT2D eigenvalue weighted by Gasteiger charge is 2.25. The van der Waals surface area contributed by atoms with Crippen molar-refractivity contribution in [3.05, 3.63) is 28.7 Å². The van der Waals surface area contributed by atoms with Crippen molar-refractivity contribution in [3.63, 3.8) is 0 Å². The number of hydrogen-bond acceptors (Lipinski definition) is 7. The summed E-state index contributed by atoms with van der Waals surface area (Å²) in [5, 5.41) is 1.82. The van der Waals surface area contributed by atoms with Crippen molar-refractivity contribution >= 4 is 29.0 Å². The average Bonchev–Trinajstić information content (AvgIpc) is 2.81. The highest BCUT2D eigenvalue weighted by Crippen LogP contribution is 2.31. The summed E-state index contributed by atoms with van der Waals surface area (Å²) in [6, 6.07) is 5.12. The molecule has 0 unspecified atom stereocenters. The van der Waals surface area contributed by atoms with Gasteiger partial charge in [0.05, 0.1) is 4.91 Å². The fraction of sp³-hybridized carbons (Fsp3) is 0.286. The molecule has 1 aliphatic rings. The highest BCUT2D eigenvalue weighted by molar-refractivity contribution is 8.18. The Kier molecular flexibility index (Phi) is 5.82. The number of methoxy groups -OCH3 is 2. The van der Waals surface area contributed by atoms with Crippen LogP contribution in [0.5, 0.6) is 11.5 Å². The van der Waals surface area contributed by atoms with Gasteiger partial charge in [0.15, 0.2) is 25.1 Å². The Bertz CT molecular complexity index is 601. The molecule has 0 radical (unpaired) electrons. The number of nitrogens with one attached hydrogen (secondary N) is 1. The van der Waals surface area contributed by atoms with E-state index in [0.717, 1.165) is 11.8 Å². The number of hydrogen-bond donors (Lipinski definition) is 1. The van der Waals surface area contributed by atoms with E-state index >= 15 is 0 Å². The average molecular weight is 325 g/mol. The first-order chi connectivity index (χ1) is 10.6. The van der Waals surface area contributed by atoms with Gasteiger partial charge in [-0.2, -0.15) is 0 Å². The van der Waals surface area contributed by atoms with Crippen LogP contribution in [0.25, 0.3) is 6.08 Å². The molecule has 2 amide bonds. The molecule has 1 aliphatic heterocycles. The first kappa shape index (κ1) is 16.3. The molecule has 7 nitrogen and oxygen atoms in total. The van der Waals surface area contributed by atoms with Crippen LogP contribution in [0.3, 0.4) is 0 Å². The van der Waals surface area contributed by atoms with E-state index in [0.29, 0.717) is 22.0 Å². The molecule has 118 valence electrons. The minimum absolute atomic E-state index is 0.0527. The predicted octanol–water partition coefficient (Wildman–Crippen LogP) is 1.98. The maximum Gasteiger partial charge on any atom is 0.290 e. The lowest BCUT2D eigenvalue weighted by Gasteiger charge is -2.12. The molecule has 1 fully saturated rings. The molecule has 1 aromatic rings. The number of imide groups is 1. The van der Waals surface area contributed by atoms with Gasteiger partial charge < -0.3 is 18.9 Å². The van der Waals surface area contributed by atoms with Gasteiger partial charge in [-0.25, -0.2) is 0 Å². The third-order valence-corrected chi connectivity index (χ3v) is 3.38. The van der Waals surface area contributed by atoms with E-state index in [4.69, 9.17) is 18.9 Å². The van der Waals surface area contributed by atoms with Crippen molar-refractivity contribution in [3.8, 4) is 11.5 Å². The van der Waals surface area contributed by atoms with Crippen LogP contribution in [-0.4, -0.2) is 39.0 Å². The van der Waals surface area contributed by atoms with Crippen molar-refractivity contribution in [2.45, 2.75) is 0 Å². The van der Waals surface area contributed by atoms with Crippen molar-refractivity contribution in [1.82, 2.24) is 5.32 Å². The zero-order valence-electron chi connectivity index (χ0n) is 12.1. The maximum atomic E-state index is 11.5. The van der Waals surface area contributed by atoms with E-state index in [2.05, 4.69) is 5.32 Å². The van der Waals surface area contributed by atoms with Crippen molar-refractivity contribution in [1.29, 1.82) is 0 Å². The van der Waals surface area contributed by atoms with E-state index in [1.807, 2.05) is 0 Å². The van der Waals surface area contributed by atoms with Crippen molar-refractivity contribution < 1.29 is 28.5 Å². The van der Waals surface area contributed by atoms with Gasteiger partial charge >= 0.3 is 0 Å².